The zero-order chi connectivity index (χ0) is 26.2. The number of hydrogen-bond donors (Lipinski definition) is 0. The maximum atomic E-state index is 13.4. The third-order valence-electron chi connectivity index (χ3n) is 6.26. The maximum absolute atomic E-state index is 13.4. The summed E-state index contributed by atoms with van der Waals surface area (Å²) in [7, 11) is -3.87. The lowest BCUT2D eigenvalue weighted by molar-refractivity contribution is -0.143. The lowest BCUT2D eigenvalue weighted by Crippen LogP contribution is -2.40. The predicted octanol–water partition coefficient (Wildman–Crippen LogP) is 2.63. The molecule has 1 amide bonds. The number of nitrogens with zero attached hydrogens (tertiary/aromatic N) is 3. The number of ether oxygens (including phenoxy) is 3. The number of esters is 1. The Morgan fingerprint density at radius 3 is 2.54 bits per heavy atom. The van der Waals surface area contributed by atoms with Crippen LogP contribution in [0.5, 0.6) is 11.5 Å². The van der Waals surface area contributed by atoms with E-state index in [1.807, 2.05) is 6.92 Å². The molecule has 1 atom stereocenters. The van der Waals surface area contributed by atoms with Crippen molar-refractivity contribution >= 4 is 43.5 Å². The van der Waals surface area contributed by atoms with Gasteiger partial charge < -0.3 is 18.8 Å². The highest BCUT2D eigenvalue weighted by Gasteiger charge is 2.39. The van der Waals surface area contributed by atoms with E-state index < -0.39 is 27.9 Å². The van der Waals surface area contributed by atoms with Crippen molar-refractivity contribution in [1.29, 1.82) is 0 Å². The Morgan fingerprint density at radius 2 is 1.84 bits per heavy atom. The largest absolute Gasteiger partial charge is 0.486 e. The van der Waals surface area contributed by atoms with Crippen molar-refractivity contribution in [1.82, 2.24) is 8.87 Å². The molecule has 2 aliphatic heterocycles. The van der Waals surface area contributed by atoms with Gasteiger partial charge >= 0.3 is 5.97 Å². The normalized spacial score (nSPS) is 18.3. The Bertz CT molecular complexity index is 1520. The molecule has 0 aliphatic carbocycles. The number of carbonyl (C=O) groups excluding carboxylic acids is 2. The van der Waals surface area contributed by atoms with E-state index >= 15 is 0 Å². The number of aromatic nitrogens is 1. The fourth-order valence-electron chi connectivity index (χ4n) is 4.47. The summed E-state index contributed by atoms with van der Waals surface area (Å²) in [4.78, 5) is 30.6. The molecule has 196 valence electrons. The first kappa shape index (κ1) is 25.4. The average Bonchev–Trinajstić information content (AvgIpc) is 3.49. The Labute approximate surface area is 218 Å². The van der Waals surface area contributed by atoms with Crippen molar-refractivity contribution in [3.63, 3.8) is 0 Å². The first-order valence-electron chi connectivity index (χ1n) is 12.0. The highest BCUT2D eigenvalue weighted by molar-refractivity contribution is 7.89. The molecule has 1 fully saturated rings. The minimum atomic E-state index is -3.87. The molecule has 0 spiro atoms. The molecule has 1 unspecified atom stereocenters. The van der Waals surface area contributed by atoms with Crippen LogP contribution in [-0.2, 0) is 30.9 Å². The number of carbonyl (C=O) groups is 2. The molecule has 0 radical (unpaired) electrons. The van der Waals surface area contributed by atoms with Crippen LogP contribution in [0.2, 0.25) is 0 Å². The number of benzene rings is 2. The van der Waals surface area contributed by atoms with Gasteiger partial charge in [-0.15, -0.1) is 0 Å². The van der Waals surface area contributed by atoms with Gasteiger partial charge in [0.1, 0.15) is 25.8 Å². The van der Waals surface area contributed by atoms with Gasteiger partial charge in [-0.25, -0.2) is 8.42 Å². The van der Waals surface area contributed by atoms with Crippen LogP contribution in [0, 0.1) is 6.92 Å². The molecular formula is C25H27N3O7S2. The van der Waals surface area contributed by atoms with Crippen molar-refractivity contribution in [2.24, 2.45) is 4.99 Å². The van der Waals surface area contributed by atoms with Gasteiger partial charge in [0.25, 0.3) is 5.91 Å². The van der Waals surface area contributed by atoms with Crippen LogP contribution in [-0.4, -0.2) is 61.6 Å². The summed E-state index contributed by atoms with van der Waals surface area (Å²) in [6.45, 7) is 4.72. The van der Waals surface area contributed by atoms with Gasteiger partial charge in [0.2, 0.25) is 10.0 Å². The molecule has 1 saturated heterocycles. The molecule has 0 N–H and O–H groups in total. The fraction of sp³-hybridized carbons (Fsp3) is 0.400. The molecule has 10 nitrogen and oxygen atoms in total. The fourth-order valence-corrected chi connectivity index (χ4v) is 7.17. The molecule has 1 aromatic heterocycles. The van der Waals surface area contributed by atoms with E-state index in [0.29, 0.717) is 43.1 Å². The maximum Gasteiger partial charge on any atom is 0.326 e. The lowest BCUT2D eigenvalue weighted by atomic mass is 10.2. The molecule has 2 aromatic carbocycles. The number of aryl methyl sites for hydroxylation is 1. The number of hydrogen-bond acceptors (Lipinski definition) is 8. The Hall–Kier alpha value is -3.22. The summed E-state index contributed by atoms with van der Waals surface area (Å²) in [6, 6.07) is 9.18. The molecule has 3 heterocycles. The second kappa shape index (κ2) is 10.3. The number of fused-ring (bicyclic) bond motifs is 2. The zero-order valence-electron chi connectivity index (χ0n) is 20.5. The summed E-state index contributed by atoms with van der Waals surface area (Å²) < 4.78 is 46.7. The molecular weight excluding hydrogens is 518 g/mol. The van der Waals surface area contributed by atoms with Crippen LogP contribution in [0.1, 0.15) is 25.3 Å². The Balaban J connectivity index is 1.54. The zero-order valence-corrected chi connectivity index (χ0v) is 22.1. The van der Waals surface area contributed by atoms with Crippen molar-refractivity contribution in [3.8, 4) is 11.5 Å². The minimum absolute atomic E-state index is 0.141. The van der Waals surface area contributed by atoms with Gasteiger partial charge in [-0.3, -0.25) is 9.59 Å². The van der Waals surface area contributed by atoms with E-state index in [2.05, 4.69) is 4.99 Å². The van der Waals surface area contributed by atoms with Crippen LogP contribution in [0.15, 0.2) is 46.3 Å². The van der Waals surface area contributed by atoms with Crippen LogP contribution >= 0.6 is 11.3 Å². The Morgan fingerprint density at radius 1 is 1.14 bits per heavy atom. The van der Waals surface area contributed by atoms with E-state index in [0.717, 1.165) is 10.3 Å². The highest BCUT2D eigenvalue weighted by Crippen LogP contribution is 2.35. The second-order valence-corrected chi connectivity index (χ2v) is 11.7. The molecule has 0 saturated carbocycles. The summed E-state index contributed by atoms with van der Waals surface area (Å²) >= 11 is 1.21. The number of rotatable bonds is 6. The lowest BCUT2D eigenvalue weighted by Gasteiger charge is -2.21. The van der Waals surface area contributed by atoms with Crippen LogP contribution in [0.3, 0.4) is 0 Å². The quantitative estimate of drug-likeness (QED) is 0.437. The van der Waals surface area contributed by atoms with Gasteiger partial charge in [-0.05, 0) is 38.8 Å². The van der Waals surface area contributed by atoms with Crippen LogP contribution < -0.4 is 14.3 Å². The average molecular weight is 546 g/mol. The van der Waals surface area contributed by atoms with Crippen molar-refractivity contribution in [2.45, 2.75) is 44.2 Å². The predicted molar refractivity (Wildman–Crippen MR) is 136 cm³/mol. The molecule has 12 heteroatoms. The van der Waals surface area contributed by atoms with Crippen molar-refractivity contribution < 1.29 is 32.2 Å². The summed E-state index contributed by atoms with van der Waals surface area (Å²) in [6.07, 6.45) is 0.916. The minimum Gasteiger partial charge on any atom is -0.486 e. The third-order valence-corrected chi connectivity index (χ3v) is 9.22. The third kappa shape index (κ3) is 5.00. The van der Waals surface area contributed by atoms with Gasteiger partial charge in [-0.2, -0.15) is 9.30 Å². The molecule has 5 rings (SSSR count). The first-order chi connectivity index (χ1) is 17.8. The van der Waals surface area contributed by atoms with Crippen molar-refractivity contribution in [2.75, 3.05) is 26.4 Å². The van der Waals surface area contributed by atoms with E-state index in [1.165, 1.54) is 15.6 Å². The van der Waals surface area contributed by atoms with Gasteiger partial charge in [-0.1, -0.05) is 29.0 Å². The number of amides is 1. The first-order valence-corrected chi connectivity index (χ1v) is 14.3. The van der Waals surface area contributed by atoms with Gasteiger partial charge in [0.05, 0.1) is 21.7 Å². The molecule has 0 bridgehead atoms. The topological polar surface area (TPSA) is 116 Å². The molecule has 3 aromatic rings. The van der Waals surface area contributed by atoms with Crippen LogP contribution in [0.25, 0.3) is 10.2 Å². The van der Waals surface area contributed by atoms with Gasteiger partial charge in [0.15, 0.2) is 16.3 Å². The SMILES string of the molecule is CCOC(=O)Cn1c(=NC(=O)C2CCCN2S(=O)(=O)c2ccc(C)cc2)sc2cc3c(cc21)OCCO3. The van der Waals surface area contributed by atoms with E-state index in [4.69, 9.17) is 14.2 Å². The van der Waals surface area contributed by atoms with E-state index in [9.17, 15) is 18.0 Å². The standard InChI is InChI=1S/C25H27N3O7S2/c1-3-33-23(29)15-27-19-13-20-21(35-12-11-34-20)14-22(19)36-25(27)26-24(30)18-5-4-10-28(18)37(31,32)17-8-6-16(2)7-9-17/h6-9,13-14,18H,3-5,10-12,15H2,1-2H3. The highest BCUT2D eigenvalue weighted by atomic mass is 32.2. The summed E-state index contributed by atoms with van der Waals surface area (Å²) in [5, 5.41) is 0. The number of sulfonamides is 1. The van der Waals surface area contributed by atoms with Crippen LogP contribution in [0.4, 0.5) is 0 Å². The van der Waals surface area contributed by atoms with Gasteiger partial charge in [0, 0.05) is 18.7 Å². The monoisotopic (exact) mass is 545 g/mol. The second-order valence-electron chi connectivity index (χ2n) is 8.78. The summed E-state index contributed by atoms with van der Waals surface area (Å²) in [5.74, 6) is 0.0653. The van der Waals surface area contributed by atoms with Crippen molar-refractivity contribution in [3.05, 3.63) is 46.8 Å². The molecule has 2 aliphatic rings. The smallest absolute Gasteiger partial charge is 0.326 e. The van der Waals surface area contributed by atoms with E-state index in [-0.39, 0.29) is 29.4 Å². The Kier molecular flexibility index (Phi) is 7.06. The van der Waals surface area contributed by atoms with E-state index in [1.54, 1.807) is 47.9 Å². The number of thiazole rings is 1. The summed E-state index contributed by atoms with van der Waals surface area (Å²) in [5.41, 5.74) is 1.58. The molecule has 37 heavy (non-hydrogen) atoms.